The highest BCUT2D eigenvalue weighted by Crippen LogP contribution is 2.34. The zero-order valence-electron chi connectivity index (χ0n) is 16.0. The van der Waals surface area contributed by atoms with Crippen molar-refractivity contribution in [3.8, 4) is 11.1 Å². The van der Waals surface area contributed by atoms with Gasteiger partial charge in [0.15, 0.2) is 6.54 Å². The summed E-state index contributed by atoms with van der Waals surface area (Å²) in [5.74, 6) is -0.458. The number of benzene rings is 3. The SMILES string of the molecule is C[NH+](CC(=O)Nc1ccccc1C(F)(F)F)Cc1ccc(-c2ccccc2)cc1. The normalized spacial score (nSPS) is 12.4. The van der Waals surface area contributed by atoms with Crippen molar-refractivity contribution in [2.45, 2.75) is 12.7 Å². The van der Waals surface area contributed by atoms with Crippen LogP contribution in [0.3, 0.4) is 0 Å². The number of para-hydroxylation sites is 1. The minimum atomic E-state index is -4.51. The van der Waals surface area contributed by atoms with Crippen molar-refractivity contribution in [3.05, 3.63) is 90.0 Å². The Morgan fingerprint density at radius 2 is 1.45 bits per heavy atom. The molecule has 0 aliphatic heterocycles. The average molecular weight is 399 g/mol. The predicted octanol–water partition coefficient (Wildman–Crippen LogP) is 4.03. The number of carbonyl (C=O) groups excluding carboxylic acids is 1. The molecule has 1 unspecified atom stereocenters. The molecule has 6 heteroatoms. The third-order valence-electron chi connectivity index (χ3n) is 4.54. The minimum absolute atomic E-state index is 0.0621. The maximum atomic E-state index is 13.0. The molecule has 0 saturated carbocycles. The third kappa shape index (κ3) is 5.68. The smallest absolute Gasteiger partial charge is 0.326 e. The van der Waals surface area contributed by atoms with E-state index in [1.807, 2.05) is 61.6 Å². The highest BCUT2D eigenvalue weighted by molar-refractivity contribution is 5.92. The van der Waals surface area contributed by atoms with Gasteiger partial charge in [-0.15, -0.1) is 0 Å². The molecule has 1 atom stereocenters. The van der Waals surface area contributed by atoms with E-state index in [0.717, 1.165) is 27.7 Å². The molecular formula is C23H22F3N2O+. The number of likely N-dealkylation sites (N-methyl/N-ethyl adjacent to an activating group) is 1. The van der Waals surface area contributed by atoms with E-state index in [4.69, 9.17) is 0 Å². The third-order valence-corrected chi connectivity index (χ3v) is 4.54. The quantitative estimate of drug-likeness (QED) is 0.645. The molecule has 150 valence electrons. The summed E-state index contributed by atoms with van der Waals surface area (Å²) in [5, 5.41) is 2.38. The van der Waals surface area contributed by atoms with Crippen molar-refractivity contribution in [3.63, 3.8) is 0 Å². The van der Waals surface area contributed by atoms with Gasteiger partial charge in [0.25, 0.3) is 5.91 Å². The summed E-state index contributed by atoms with van der Waals surface area (Å²) < 4.78 is 39.1. The summed E-state index contributed by atoms with van der Waals surface area (Å²) in [6.45, 7) is 0.649. The largest absolute Gasteiger partial charge is 0.418 e. The predicted molar refractivity (Wildman–Crippen MR) is 107 cm³/mol. The molecule has 29 heavy (non-hydrogen) atoms. The maximum Gasteiger partial charge on any atom is 0.418 e. The molecule has 1 amide bonds. The fraction of sp³-hybridized carbons (Fsp3) is 0.174. The maximum absolute atomic E-state index is 13.0. The van der Waals surface area contributed by atoms with Crippen molar-refractivity contribution < 1.29 is 22.9 Å². The molecule has 0 bridgehead atoms. The standard InChI is InChI=1S/C23H21F3N2O/c1-28(15-17-11-13-19(14-12-17)18-7-3-2-4-8-18)16-22(29)27-21-10-6-5-9-20(21)23(24,25)26/h2-14H,15-16H2,1H3,(H,27,29)/p+1. The lowest BCUT2D eigenvalue weighted by atomic mass is 10.0. The Labute approximate surface area is 167 Å². The van der Waals surface area contributed by atoms with Crippen LogP contribution in [0.25, 0.3) is 11.1 Å². The van der Waals surface area contributed by atoms with Gasteiger partial charge in [0.05, 0.1) is 18.3 Å². The van der Waals surface area contributed by atoms with Crippen LogP contribution in [0.2, 0.25) is 0 Å². The van der Waals surface area contributed by atoms with Gasteiger partial charge in [0.1, 0.15) is 6.54 Å². The van der Waals surface area contributed by atoms with Crippen molar-refractivity contribution in [1.29, 1.82) is 0 Å². The van der Waals surface area contributed by atoms with E-state index >= 15 is 0 Å². The Balaban J connectivity index is 1.58. The number of quaternary nitrogens is 1. The summed E-state index contributed by atoms with van der Waals surface area (Å²) in [7, 11) is 1.83. The minimum Gasteiger partial charge on any atom is -0.326 e. The van der Waals surface area contributed by atoms with Crippen LogP contribution in [-0.2, 0) is 17.5 Å². The van der Waals surface area contributed by atoms with Crippen LogP contribution in [0.1, 0.15) is 11.1 Å². The summed E-state index contributed by atoms with van der Waals surface area (Å²) in [6.07, 6.45) is -4.51. The molecule has 0 fully saturated rings. The summed E-state index contributed by atoms with van der Waals surface area (Å²) in [4.78, 5) is 13.1. The van der Waals surface area contributed by atoms with Crippen molar-refractivity contribution in [2.75, 3.05) is 18.9 Å². The van der Waals surface area contributed by atoms with E-state index in [-0.39, 0.29) is 12.2 Å². The van der Waals surface area contributed by atoms with Gasteiger partial charge in [0.2, 0.25) is 0 Å². The first-order valence-corrected chi connectivity index (χ1v) is 9.24. The highest BCUT2D eigenvalue weighted by atomic mass is 19.4. The Kier molecular flexibility index (Phi) is 6.34. The van der Waals surface area contributed by atoms with E-state index < -0.39 is 17.6 Å². The van der Waals surface area contributed by atoms with E-state index in [0.29, 0.717) is 6.54 Å². The van der Waals surface area contributed by atoms with Gasteiger partial charge < -0.3 is 10.2 Å². The monoisotopic (exact) mass is 399 g/mol. The molecule has 0 aliphatic rings. The van der Waals surface area contributed by atoms with E-state index in [9.17, 15) is 18.0 Å². The lowest BCUT2D eigenvalue weighted by Gasteiger charge is -2.16. The van der Waals surface area contributed by atoms with Crippen LogP contribution >= 0.6 is 0 Å². The Morgan fingerprint density at radius 3 is 2.10 bits per heavy atom. The van der Waals surface area contributed by atoms with Gasteiger partial charge in [-0.2, -0.15) is 13.2 Å². The second-order valence-corrected chi connectivity index (χ2v) is 6.97. The van der Waals surface area contributed by atoms with E-state index in [1.54, 1.807) is 0 Å². The lowest BCUT2D eigenvalue weighted by molar-refractivity contribution is -0.885. The van der Waals surface area contributed by atoms with Crippen LogP contribution in [0.4, 0.5) is 18.9 Å². The molecule has 3 nitrogen and oxygen atoms in total. The van der Waals surface area contributed by atoms with Crippen LogP contribution in [0.15, 0.2) is 78.9 Å². The zero-order valence-corrected chi connectivity index (χ0v) is 16.0. The van der Waals surface area contributed by atoms with Gasteiger partial charge in [-0.05, 0) is 23.3 Å². The van der Waals surface area contributed by atoms with Crippen molar-refractivity contribution >= 4 is 11.6 Å². The van der Waals surface area contributed by atoms with Gasteiger partial charge in [-0.25, -0.2) is 0 Å². The van der Waals surface area contributed by atoms with Crippen LogP contribution in [-0.4, -0.2) is 19.5 Å². The molecular weight excluding hydrogens is 377 g/mol. The van der Waals surface area contributed by atoms with Crippen LogP contribution in [0.5, 0.6) is 0 Å². The molecule has 2 N–H and O–H groups in total. The number of amides is 1. The average Bonchev–Trinajstić information content (AvgIpc) is 2.68. The van der Waals surface area contributed by atoms with E-state index in [2.05, 4.69) is 5.32 Å². The first-order chi connectivity index (χ1) is 13.8. The molecule has 0 spiro atoms. The number of nitrogens with one attached hydrogen (secondary N) is 2. The zero-order chi connectivity index (χ0) is 20.9. The second kappa shape index (κ2) is 8.92. The first-order valence-electron chi connectivity index (χ1n) is 9.24. The number of hydrogen-bond acceptors (Lipinski definition) is 1. The fourth-order valence-electron chi connectivity index (χ4n) is 3.16. The molecule has 3 aromatic rings. The highest BCUT2D eigenvalue weighted by Gasteiger charge is 2.33. The van der Waals surface area contributed by atoms with Gasteiger partial charge >= 0.3 is 6.18 Å². The molecule has 3 aromatic carbocycles. The Bertz CT molecular complexity index is 954. The van der Waals surface area contributed by atoms with Crippen molar-refractivity contribution in [2.24, 2.45) is 0 Å². The second-order valence-electron chi connectivity index (χ2n) is 6.97. The number of alkyl halides is 3. The molecule has 0 saturated heterocycles. The first kappa shape index (κ1) is 20.6. The molecule has 0 radical (unpaired) electrons. The van der Waals surface area contributed by atoms with Crippen molar-refractivity contribution in [1.82, 2.24) is 0 Å². The fourth-order valence-corrected chi connectivity index (χ4v) is 3.16. The number of anilines is 1. The Hall–Kier alpha value is -3.12. The number of carbonyl (C=O) groups is 1. The number of hydrogen-bond donors (Lipinski definition) is 2. The number of halogens is 3. The van der Waals surface area contributed by atoms with Gasteiger partial charge in [0, 0.05) is 5.56 Å². The van der Waals surface area contributed by atoms with Crippen LogP contribution < -0.4 is 10.2 Å². The van der Waals surface area contributed by atoms with E-state index in [1.165, 1.54) is 18.2 Å². The molecule has 0 aromatic heterocycles. The van der Waals surface area contributed by atoms with Gasteiger partial charge in [-0.1, -0.05) is 66.7 Å². The summed E-state index contributed by atoms with van der Waals surface area (Å²) in [6, 6.07) is 23.1. The molecule has 3 rings (SSSR count). The topological polar surface area (TPSA) is 33.5 Å². The summed E-state index contributed by atoms with van der Waals surface area (Å²) >= 11 is 0. The van der Waals surface area contributed by atoms with Gasteiger partial charge in [-0.3, -0.25) is 4.79 Å². The summed E-state index contributed by atoms with van der Waals surface area (Å²) in [5.41, 5.74) is 2.22. The molecule has 0 heterocycles. The Morgan fingerprint density at radius 1 is 0.862 bits per heavy atom. The van der Waals surface area contributed by atoms with Crippen LogP contribution in [0, 0.1) is 0 Å². The lowest BCUT2D eigenvalue weighted by Crippen LogP contribution is -3.08. The number of rotatable bonds is 6. The molecule has 0 aliphatic carbocycles.